The first-order valence-electron chi connectivity index (χ1n) is 9.67. The highest BCUT2D eigenvalue weighted by Crippen LogP contribution is 2.42. The molecule has 0 saturated carbocycles. The molecule has 2 atom stereocenters. The zero-order valence-corrected chi connectivity index (χ0v) is 16.4. The number of para-hydroxylation sites is 2. The van der Waals surface area contributed by atoms with E-state index < -0.39 is 29.7 Å². The van der Waals surface area contributed by atoms with Gasteiger partial charge in [-0.1, -0.05) is 18.7 Å². The average molecular weight is 431 g/mol. The van der Waals surface area contributed by atoms with E-state index in [9.17, 15) is 27.9 Å². The van der Waals surface area contributed by atoms with Gasteiger partial charge in [-0.15, -0.1) is 0 Å². The normalized spacial score (nSPS) is 20.7. The van der Waals surface area contributed by atoms with Gasteiger partial charge in [0.1, 0.15) is 6.04 Å². The number of carboxylic acid groups (broad SMARTS) is 1. The van der Waals surface area contributed by atoms with Crippen molar-refractivity contribution in [2.24, 2.45) is 0 Å². The molecule has 6 nitrogen and oxygen atoms in total. The fourth-order valence-corrected chi connectivity index (χ4v) is 4.23. The lowest BCUT2D eigenvalue weighted by molar-refractivity contribution is -0.149. The molecule has 2 heterocycles. The second-order valence-electron chi connectivity index (χ2n) is 7.50. The van der Waals surface area contributed by atoms with Gasteiger partial charge in [0.05, 0.1) is 23.0 Å². The molecule has 2 aromatic carbocycles. The van der Waals surface area contributed by atoms with Gasteiger partial charge in [-0.05, 0) is 42.5 Å². The Balaban J connectivity index is 1.72. The number of carboxylic acids is 1. The number of nitrogens with zero attached hydrogens (tertiary/aromatic N) is 3. The molecule has 0 radical (unpaired) electrons. The maximum Gasteiger partial charge on any atom is 0.416 e. The third kappa shape index (κ3) is 3.71. The molecule has 1 saturated heterocycles. The van der Waals surface area contributed by atoms with Gasteiger partial charge >= 0.3 is 12.1 Å². The molecule has 1 fully saturated rings. The SMILES string of the molecule is C=CC(=O)N1CC2CN(c3ccc(C(F)(F)F)cc3)c3ccccc3N2CC1C(=O)O. The Bertz CT molecular complexity index is 1020. The largest absolute Gasteiger partial charge is 0.480 e. The van der Waals surface area contributed by atoms with Crippen molar-refractivity contribution in [3.8, 4) is 0 Å². The lowest BCUT2D eigenvalue weighted by Crippen LogP contribution is -2.65. The van der Waals surface area contributed by atoms with E-state index in [1.807, 2.05) is 34.1 Å². The minimum Gasteiger partial charge on any atom is -0.480 e. The molecular weight excluding hydrogens is 411 g/mol. The number of fused-ring (bicyclic) bond motifs is 3. The summed E-state index contributed by atoms with van der Waals surface area (Å²) in [6, 6.07) is 11.0. The third-order valence-electron chi connectivity index (χ3n) is 5.72. The molecule has 0 aromatic heterocycles. The van der Waals surface area contributed by atoms with Crippen LogP contribution in [0.25, 0.3) is 0 Å². The van der Waals surface area contributed by atoms with Gasteiger partial charge < -0.3 is 19.8 Å². The Morgan fingerprint density at radius 1 is 1.00 bits per heavy atom. The van der Waals surface area contributed by atoms with Crippen molar-refractivity contribution >= 4 is 28.9 Å². The summed E-state index contributed by atoms with van der Waals surface area (Å²) in [4.78, 5) is 29.2. The van der Waals surface area contributed by atoms with E-state index in [2.05, 4.69) is 6.58 Å². The second kappa shape index (κ2) is 7.64. The summed E-state index contributed by atoms with van der Waals surface area (Å²) in [5, 5.41) is 9.66. The summed E-state index contributed by atoms with van der Waals surface area (Å²) in [5.74, 6) is -1.57. The number of alkyl halides is 3. The lowest BCUT2D eigenvalue weighted by atomic mass is 9.99. The summed E-state index contributed by atoms with van der Waals surface area (Å²) in [6.45, 7) is 4.11. The van der Waals surface area contributed by atoms with E-state index in [4.69, 9.17) is 0 Å². The van der Waals surface area contributed by atoms with Crippen molar-refractivity contribution in [3.05, 3.63) is 66.7 Å². The van der Waals surface area contributed by atoms with E-state index in [0.29, 0.717) is 12.2 Å². The van der Waals surface area contributed by atoms with Gasteiger partial charge in [-0.3, -0.25) is 4.79 Å². The summed E-state index contributed by atoms with van der Waals surface area (Å²) in [7, 11) is 0. The molecule has 2 unspecified atom stereocenters. The van der Waals surface area contributed by atoms with Gasteiger partial charge in [0.25, 0.3) is 0 Å². The first-order chi connectivity index (χ1) is 14.7. The number of piperazine rings is 1. The number of hydrogen-bond donors (Lipinski definition) is 1. The number of aliphatic carboxylic acids is 1. The van der Waals surface area contributed by atoms with Crippen molar-refractivity contribution in [2.45, 2.75) is 18.3 Å². The number of rotatable bonds is 3. The predicted molar refractivity (Wildman–Crippen MR) is 109 cm³/mol. The molecule has 0 bridgehead atoms. The summed E-state index contributed by atoms with van der Waals surface area (Å²) >= 11 is 0. The minimum absolute atomic E-state index is 0.109. The summed E-state index contributed by atoms with van der Waals surface area (Å²) < 4.78 is 38.9. The van der Waals surface area contributed by atoms with Crippen LogP contribution in [0.15, 0.2) is 61.2 Å². The summed E-state index contributed by atoms with van der Waals surface area (Å²) in [5.41, 5.74) is 1.40. The molecule has 1 amide bonds. The topological polar surface area (TPSA) is 64.1 Å². The maximum absolute atomic E-state index is 13.0. The zero-order chi connectivity index (χ0) is 22.3. The smallest absolute Gasteiger partial charge is 0.416 e. The van der Waals surface area contributed by atoms with Crippen LogP contribution >= 0.6 is 0 Å². The Hall–Kier alpha value is -3.49. The fraction of sp³-hybridized carbons (Fsp3) is 0.273. The Morgan fingerprint density at radius 3 is 2.23 bits per heavy atom. The van der Waals surface area contributed by atoms with Gasteiger partial charge in [-0.25, -0.2) is 4.79 Å². The number of halogens is 3. The molecule has 0 aliphatic carbocycles. The van der Waals surface area contributed by atoms with Crippen LogP contribution in [0.5, 0.6) is 0 Å². The van der Waals surface area contributed by atoms with Crippen LogP contribution in [0.4, 0.5) is 30.2 Å². The molecular formula is C22H20F3N3O3. The predicted octanol–water partition coefficient (Wildman–Crippen LogP) is 3.51. The molecule has 4 rings (SSSR count). The van der Waals surface area contributed by atoms with E-state index in [-0.39, 0.29) is 19.1 Å². The first-order valence-corrected chi connectivity index (χ1v) is 9.67. The van der Waals surface area contributed by atoms with E-state index in [1.54, 1.807) is 0 Å². The molecule has 1 N–H and O–H groups in total. The van der Waals surface area contributed by atoms with E-state index in [1.165, 1.54) is 17.0 Å². The molecule has 31 heavy (non-hydrogen) atoms. The highest BCUT2D eigenvalue weighted by molar-refractivity contribution is 5.92. The van der Waals surface area contributed by atoms with E-state index >= 15 is 0 Å². The van der Waals surface area contributed by atoms with Crippen LogP contribution in [-0.4, -0.2) is 53.6 Å². The lowest BCUT2D eigenvalue weighted by Gasteiger charge is -2.51. The highest BCUT2D eigenvalue weighted by atomic mass is 19.4. The van der Waals surface area contributed by atoms with Crippen molar-refractivity contribution in [1.29, 1.82) is 0 Å². The third-order valence-corrected chi connectivity index (χ3v) is 5.72. The fourth-order valence-electron chi connectivity index (χ4n) is 4.23. The molecule has 162 valence electrons. The average Bonchev–Trinajstić information content (AvgIpc) is 2.76. The first kappa shape index (κ1) is 20.8. The number of anilines is 3. The Labute approximate surface area is 176 Å². The number of carbonyl (C=O) groups is 2. The van der Waals surface area contributed by atoms with Gasteiger partial charge in [-0.2, -0.15) is 13.2 Å². The molecule has 9 heteroatoms. The number of benzene rings is 2. The number of amides is 1. The maximum atomic E-state index is 13.0. The molecule has 2 aliphatic rings. The minimum atomic E-state index is -4.42. The number of hydrogen-bond acceptors (Lipinski definition) is 4. The molecule has 2 aromatic rings. The quantitative estimate of drug-likeness (QED) is 0.754. The van der Waals surface area contributed by atoms with Gasteiger partial charge in [0, 0.05) is 25.3 Å². The molecule has 2 aliphatic heterocycles. The van der Waals surface area contributed by atoms with Gasteiger partial charge in [0.15, 0.2) is 0 Å². The number of carbonyl (C=O) groups excluding carboxylic acids is 1. The van der Waals surface area contributed by atoms with Crippen LogP contribution in [0.1, 0.15) is 5.56 Å². The van der Waals surface area contributed by atoms with E-state index in [0.717, 1.165) is 29.6 Å². The molecule has 0 spiro atoms. The standard InChI is InChI=1S/C22H20F3N3O3/c1-2-20(29)28-12-16-11-26(15-9-7-14(8-10-15)22(23,24)25)17-5-3-4-6-18(17)27(16)13-19(28)21(30)31/h2-10,16,19H,1,11-13H2,(H,30,31). The monoisotopic (exact) mass is 431 g/mol. The van der Waals surface area contributed by atoms with Crippen molar-refractivity contribution in [3.63, 3.8) is 0 Å². The Kier molecular flexibility index (Phi) is 5.12. The second-order valence-corrected chi connectivity index (χ2v) is 7.50. The van der Waals surface area contributed by atoms with Crippen molar-refractivity contribution < 1.29 is 27.9 Å². The van der Waals surface area contributed by atoms with Gasteiger partial charge in [0.2, 0.25) is 5.91 Å². The van der Waals surface area contributed by atoms with Crippen LogP contribution < -0.4 is 9.80 Å². The van der Waals surface area contributed by atoms with Crippen molar-refractivity contribution in [1.82, 2.24) is 4.90 Å². The Morgan fingerprint density at radius 2 is 1.65 bits per heavy atom. The van der Waals surface area contributed by atoms with Crippen LogP contribution in [-0.2, 0) is 15.8 Å². The van der Waals surface area contributed by atoms with Crippen LogP contribution in [0.2, 0.25) is 0 Å². The zero-order valence-electron chi connectivity index (χ0n) is 16.4. The summed E-state index contributed by atoms with van der Waals surface area (Å²) in [6.07, 6.45) is -3.33. The van der Waals surface area contributed by atoms with Crippen LogP contribution in [0, 0.1) is 0 Å². The van der Waals surface area contributed by atoms with Crippen molar-refractivity contribution in [2.75, 3.05) is 29.4 Å². The highest BCUT2D eigenvalue weighted by Gasteiger charge is 2.43. The van der Waals surface area contributed by atoms with Crippen LogP contribution in [0.3, 0.4) is 0 Å².